The van der Waals surface area contributed by atoms with Gasteiger partial charge in [-0.1, -0.05) is 18.2 Å². The molecule has 0 saturated carbocycles. The van der Waals surface area contributed by atoms with Crippen LogP contribution in [-0.2, 0) is 0 Å². The molecule has 0 spiro atoms. The van der Waals surface area contributed by atoms with Crippen molar-refractivity contribution in [1.29, 1.82) is 0 Å². The minimum atomic E-state index is -0.0452. The molecule has 2 rings (SSSR count). The highest BCUT2D eigenvalue weighted by Gasteiger charge is 2.12. The van der Waals surface area contributed by atoms with Crippen molar-refractivity contribution >= 4 is 17.3 Å². The Morgan fingerprint density at radius 1 is 1.00 bits per heavy atom. The topological polar surface area (TPSA) is 46.3 Å². The van der Waals surface area contributed by atoms with Crippen LogP contribution in [0.25, 0.3) is 0 Å². The third-order valence-electron chi connectivity index (χ3n) is 2.61. The van der Waals surface area contributed by atoms with E-state index in [0.717, 1.165) is 5.69 Å². The van der Waals surface area contributed by atoms with Gasteiger partial charge in [-0.15, -0.1) is 0 Å². The van der Waals surface area contributed by atoms with Crippen LogP contribution in [0.5, 0.6) is 0 Å². The van der Waals surface area contributed by atoms with Gasteiger partial charge in [-0.3, -0.25) is 4.79 Å². The number of anilines is 2. The third-order valence-corrected chi connectivity index (χ3v) is 2.61. The summed E-state index contributed by atoms with van der Waals surface area (Å²) in [5.41, 5.74) is 7.75. The summed E-state index contributed by atoms with van der Waals surface area (Å²) in [6, 6.07) is 16.5. The summed E-state index contributed by atoms with van der Waals surface area (Å²) in [5, 5.41) is 0. The molecule has 0 aliphatic rings. The number of hydrogen-bond acceptors (Lipinski definition) is 2. The smallest absolute Gasteiger partial charge is 0.258 e. The first-order valence-electron chi connectivity index (χ1n) is 5.37. The number of nitrogen functional groups attached to an aromatic ring is 1. The van der Waals surface area contributed by atoms with Gasteiger partial charge in [0.25, 0.3) is 5.91 Å². The molecule has 1 amide bonds. The van der Waals surface area contributed by atoms with Gasteiger partial charge in [0, 0.05) is 24.0 Å². The lowest BCUT2D eigenvalue weighted by atomic mass is 10.1. The zero-order valence-electron chi connectivity index (χ0n) is 9.63. The maximum atomic E-state index is 12.1. The van der Waals surface area contributed by atoms with Crippen LogP contribution < -0.4 is 10.6 Å². The average Bonchev–Trinajstić information content (AvgIpc) is 2.39. The van der Waals surface area contributed by atoms with Crippen LogP contribution in [0.3, 0.4) is 0 Å². The first-order valence-corrected chi connectivity index (χ1v) is 5.37. The van der Waals surface area contributed by atoms with Gasteiger partial charge in [-0.25, -0.2) is 0 Å². The van der Waals surface area contributed by atoms with Crippen molar-refractivity contribution in [1.82, 2.24) is 0 Å². The Kier molecular flexibility index (Phi) is 3.10. The molecule has 2 N–H and O–H groups in total. The lowest BCUT2D eigenvalue weighted by molar-refractivity contribution is 0.0993. The highest BCUT2D eigenvalue weighted by atomic mass is 16.2. The molecule has 0 aliphatic carbocycles. The molecule has 3 nitrogen and oxygen atoms in total. The quantitative estimate of drug-likeness (QED) is 0.800. The normalized spacial score (nSPS) is 9.94. The lowest BCUT2D eigenvalue weighted by Crippen LogP contribution is -2.26. The van der Waals surface area contributed by atoms with Crippen molar-refractivity contribution in [3.05, 3.63) is 60.2 Å². The Hall–Kier alpha value is -2.29. The van der Waals surface area contributed by atoms with Gasteiger partial charge in [-0.05, 0) is 36.4 Å². The Morgan fingerprint density at radius 3 is 2.18 bits per heavy atom. The highest BCUT2D eigenvalue weighted by Crippen LogP contribution is 2.15. The van der Waals surface area contributed by atoms with E-state index in [2.05, 4.69) is 0 Å². The number of para-hydroxylation sites is 1. The molecule has 0 radical (unpaired) electrons. The van der Waals surface area contributed by atoms with E-state index in [1.165, 1.54) is 0 Å². The number of hydrogen-bond donors (Lipinski definition) is 1. The predicted octanol–water partition coefficient (Wildman–Crippen LogP) is 2.55. The summed E-state index contributed by atoms with van der Waals surface area (Å²) in [7, 11) is 1.76. The molecule has 0 aliphatic heterocycles. The van der Waals surface area contributed by atoms with E-state index in [-0.39, 0.29) is 5.91 Å². The van der Waals surface area contributed by atoms with E-state index in [4.69, 9.17) is 5.73 Å². The van der Waals surface area contributed by atoms with E-state index >= 15 is 0 Å². The van der Waals surface area contributed by atoms with Gasteiger partial charge in [0.05, 0.1) is 0 Å². The lowest BCUT2D eigenvalue weighted by Gasteiger charge is -2.17. The molecule has 86 valence electrons. The molecule has 0 heterocycles. The van der Waals surface area contributed by atoms with Gasteiger partial charge in [0.2, 0.25) is 0 Å². The van der Waals surface area contributed by atoms with Crippen molar-refractivity contribution in [2.75, 3.05) is 17.7 Å². The molecule has 2 aromatic rings. The summed E-state index contributed by atoms with van der Waals surface area (Å²) < 4.78 is 0. The van der Waals surface area contributed by atoms with E-state index in [0.29, 0.717) is 11.3 Å². The number of nitrogens with zero attached hydrogens (tertiary/aromatic N) is 1. The fourth-order valence-electron chi connectivity index (χ4n) is 1.59. The summed E-state index contributed by atoms with van der Waals surface area (Å²) >= 11 is 0. The number of nitrogens with two attached hydrogens (primary N) is 1. The van der Waals surface area contributed by atoms with Gasteiger partial charge in [0.15, 0.2) is 0 Å². The Bertz CT molecular complexity index is 506. The monoisotopic (exact) mass is 226 g/mol. The molecule has 0 atom stereocenters. The fraction of sp³-hybridized carbons (Fsp3) is 0.0714. The molecule has 0 fully saturated rings. The van der Waals surface area contributed by atoms with Crippen LogP contribution in [0.1, 0.15) is 10.4 Å². The highest BCUT2D eigenvalue weighted by molar-refractivity contribution is 6.05. The second-order valence-corrected chi connectivity index (χ2v) is 3.82. The maximum absolute atomic E-state index is 12.1. The number of amides is 1. The van der Waals surface area contributed by atoms with Crippen LogP contribution in [0.4, 0.5) is 11.4 Å². The van der Waals surface area contributed by atoms with Gasteiger partial charge in [-0.2, -0.15) is 0 Å². The van der Waals surface area contributed by atoms with Crippen molar-refractivity contribution < 1.29 is 4.79 Å². The van der Waals surface area contributed by atoms with Crippen molar-refractivity contribution in [3.63, 3.8) is 0 Å². The number of benzene rings is 2. The summed E-state index contributed by atoms with van der Waals surface area (Å²) in [4.78, 5) is 13.8. The van der Waals surface area contributed by atoms with E-state index in [1.54, 1.807) is 36.2 Å². The molecule has 0 bridgehead atoms. The van der Waals surface area contributed by atoms with E-state index < -0.39 is 0 Å². The standard InChI is InChI=1S/C14H14N2O/c1-16(13-5-3-2-4-6-13)14(17)11-7-9-12(15)10-8-11/h2-10H,15H2,1H3. The zero-order chi connectivity index (χ0) is 12.3. The zero-order valence-corrected chi connectivity index (χ0v) is 9.63. The molecule has 3 heteroatoms. The fourth-order valence-corrected chi connectivity index (χ4v) is 1.59. The van der Waals surface area contributed by atoms with Crippen molar-refractivity contribution in [2.45, 2.75) is 0 Å². The van der Waals surface area contributed by atoms with Gasteiger partial charge >= 0.3 is 0 Å². The van der Waals surface area contributed by atoms with Gasteiger partial charge in [0.1, 0.15) is 0 Å². The number of rotatable bonds is 2. The SMILES string of the molecule is CN(C(=O)c1ccc(N)cc1)c1ccccc1. The van der Waals surface area contributed by atoms with Crippen LogP contribution in [0.2, 0.25) is 0 Å². The molecule has 0 unspecified atom stereocenters. The number of carbonyl (C=O) groups excluding carboxylic acids is 1. The molecule has 0 aromatic heterocycles. The summed E-state index contributed by atoms with van der Waals surface area (Å²) in [6.45, 7) is 0. The third kappa shape index (κ3) is 2.45. The Morgan fingerprint density at radius 2 is 1.59 bits per heavy atom. The molecule has 2 aromatic carbocycles. The van der Waals surface area contributed by atoms with E-state index in [1.807, 2.05) is 30.3 Å². The Balaban J connectivity index is 2.23. The predicted molar refractivity (Wildman–Crippen MR) is 70.0 cm³/mol. The molecular weight excluding hydrogens is 212 g/mol. The van der Waals surface area contributed by atoms with Gasteiger partial charge < -0.3 is 10.6 Å². The summed E-state index contributed by atoms with van der Waals surface area (Å²) in [5.74, 6) is -0.0452. The average molecular weight is 226 g/mol. The van der Waals surface area contributed by atoms with Crippen molar-refractivity contribution in [2.24, 2.45) is 0 Å². The molecule has 17 heavy (non-hydrogen) atoms. The molecular formula is C14H14N2O. The Labute approximate surface area is 100 Å². The summed E-state index contributed by atoms with van der Waals surface area (Å²) in [6.07, 6.45) is 0. The first kappa shape index (κ1) is 11.2. The van der Waals surface area contributed by atoms with Crippen molar-refractivity contribution in [3.8, 4) is 0 Å². The minimum Gasteiger partial charge on any atom is -0.399 e. The largest absolute Gasteiger partial charge is 0.399 e. The van der Waals surface area contributed by atoms with Crippen LogP contribution in [0, 0.1) is 0 Å². The first-order chi connectivity index (χ1) is 8.18. The van der Waals surface area contributed by atoms with Crippen LogP contribution in [0.15, 0.2) is 54.6 Å². The second-order valence-electron chi connectivity index (χ2n) is 3.82. The maximum Gasteiger partial charge on any atom is 0.258 e. The molecule has 0 saturated heterocycles. The van der Waals surface area contributed by atoms with Crippen LogP contribution >= 0.6 is 0 Å². The van der Waals surface area contributed by atoms with E-state index in [9.17, 15) is 4.79 Å². The second kappa shape index (κ2) is 4.70. The van der Waals surface area contributed by atoms with Crippen LogP contribution in [-0.4, -0.2) is 13.0 Å². The number of carbonyl (C=O) groups is 1. The minimum absolute atomic E-state index is 0.0452.